The first kappa shape index (κ1) is 12.7. The summed E-state index contributed by atoms with van der Waals surface area (Å²) in [5.41, 5.74) is 0. The SMILES string of the molecule is COC(=O)N1CCC(CCCCS)CC1. The molecule has 15 heavy (non-hydrogen) atoms. The molecule has 0 atom stereocenters. The lowest BCUT2D eigenvalue weighted by molar-refractivity contribution is 0.104. The van der Waals surface area contributed by atoms with Crippen LogP contribution in [-0.2, 0) is 4.74 Å². The number of carbonyl (C=O) groups excluding carboxylic acids is 1. The molecule has 1 amide bonds. The minimum Gasteiger partial charge on any atom is -0.453 e. The summed E-state index contributed by atoms with van der Waals surface area (Å²) in [7, 11) is 1.45. The van der Waals surface area contributed by atoms with E-state index in [2.05, 4.69) is 12.6 Å². The van der Waals surface area contributed by atoms with E-state index in [1.54, 1.807) is 4.90 Å². The lowest BCUT2D eigenvalue weighted by Gasteiger charge is -2.30. The molecule has 0 spiro atoms. The molecule has 1 rings (SSSR count). The molecule has 0 aliphatic carbocycles. The number of carbonyl (C=O) groups is 1. The minimum atomic E-state index is -0.177. The molecule has 88 valence electrons. The molecule has 1 heterocycles. The summed E-state index contributed by atoms with van der Waals surface area (Å²) in [6.07, 6.45) is 5.84. The maximum atomic E-state index is 11.2. The van der Waals surface area contributed by atoms with Crippen LogP contribution >= 0.6 is 12.6 Å². The molecule has 1 aliphatic rings. The Hall–Kier alpha value is -0.380. The molecule has 0 radical (unpaired) electrons. The summed E-state index contributed by atoms with van der Waals surface area (Å²) in [5, 5.41) is 0. The van der Waals surface area contributed by atoms with Crippen LogP contribution in [0, 0.1) is 5.92 Å². The molecule has 0 aromatic carbocycles. The first-order chi connectivity index (χ1) is 7.27. The zero-order chi connectivity index (χ0) is 11.1. The van der Waals surface area contributed by atoms with E-state index in [4.69, 9.17) is 4.74 Å². The van der Waals surface area contributed by atoms with Gasteiger partial charge in [-0.05, 0) is 30.9 Å². The average molecular weight is 231 g/mol. The summed E-state index contributed by atoms with van der Waals surface area (Å²) >= 11 is 4.20. The fraction of sp³-hybridized carbons (Fsp3) is 0.909. The van der Waals surface area contributed by atoms with Crippen LogP contribution in [0.15, 0.2) is 0 Å². The second kappa shape index (κ2) is 6.99. The molecule has 0 aromatic heterocycles. The van der Waals surface area contributed by atoms with Crippen molar-refractivity contribution in [3.63, 3.8) is 0 Å². The molecule has 3 nitrogen and oxygen atoms in total. The topological polar surface area (TPSA) is 29.5 Å². The van der Waals surface area contributed by atoms with Gasteiger partial charge < -0.3 is 9.64 Å². The Balaban J connectivity index is 2.15. The van der Waals surface area contributed by atoms with Crippen molar-refractivity contribution in [1.29, 1.82) is 0 Å². The van der Waals surface area contributed by atoms with Crippen molar-refractivity contribution in [2.45, 2.75) is 32.1 Å². The maximum absolute atomic E-state index is 11.2. The van der Waals surface area contributed by atoms with Gasteiger partial charge in [-0.25, -0.2) is 4.79 Å². The highest BCUT2D eigenvalue weighted by Crippen LogP contribution is 2.22. The average Bonchev–Trinajstić information content (AvgIpc) is 2.29. The summed E-state index contributed by atoms with van der Waals surface area (Å²) in [6.45, 7) is 1.72. The van der Waals surface area contributed by atoms with E-state index in [1.165, 1.54) is 26.4 Å². The third-order valence-electron chi connectivity index (χ3n) is 3.07. The Morgan fingerprint density at radius 3 is 2.60 bits per heavy atom. The Morgan fingerprint density at radius 1 is 1.40 bits per heavy atom. The molecular weight excluding hydrogens is 210 g/mol. The summed E-state index contributed by atoms with van der Waals surface area (Å²) in [4.78, 5) is 13.0. The third-order valence-corrected chi connectivity index (χ3v) is 3.38. The van der Waals surface area contributed by atoms with Crippen molar-refractivity contribution in [3.8, 4) is 0 Å². The lowest BCUT2D eigenvalue weighted by atomic mass is 9.92. The number of rotatable bonds is 4. The predicted octanol–water partition coefficient (Wildman–Crippen LogP) is 2.56. The number of likely N-dealkylation sites (tertiary alicyclic amines) is 1. The van der Waals surface area contributed by atoms with Crippen LogP contribution in [0.2, 0.25) is 0 Å². The normalized spacial score (nSPS) is 17.9. The third kappa shape index (κ3) is 4.33. The molecule has 0 saturated carbocycles. The fourth-order valence-corrected chi connectivity index (χ4v) is 2.30. The van der Waals surface area contributed by atoms with Gasteiger partial charge in [0, 0.05) is 13.1 Å². The molecule has 1 aliphatic heterocycles. The van der Waals surface area contributed by atoms with Crippen LogP contribution in [0.4, 0.5) is 4.79 Å². The van der Waals surface area contributed by atoms with Crippen molar-refractivity contribution in [2.24, 2.45) is 5.92 Å². The number of thiol groups is 1. The van der Waals surface area contributed by atoms with E-state index in [0.29, 0.717) is 0 Å². The van der Waals surface area contributed by atoms with Crippen LogP contribution in [0.25, 0.3) is 0 Å². The first-order valence-electron chi connectivity index (χ1n) is 5.71. The molecule has 0 unspecified atom stereocenters. The van der Waals surface area contributed by atoms with Gasteiger partial charge in [-0.3, -0.25) is 0 Å². The van der Waals surface area contributed by atoms with E-state index in [9.17, 15) is 4.79 Å². The van der Waals surface area contributed by atoms with E-state index < -0.39 is 0 Å². The van der Waals surface area contributed by atoms with Gasteiger partial charge in [0.15, 0.2) is 0 Å². The molecule has 1 fully saturated rings. The largest absolute Gasteiger partial charge is 0.453 e. The Bertz CT molecular complexity index is 191. The number of hydrogen-bond acceptors (Lipinski definition) is 3. The predicted molar refractivity (Wildman–Crippen MR) is 64.4 cm³/mol. The molecular formula is C11H21NO2S. The van der Waals surface area contributed by atoms with E-state index in [1.807, 2.05) is 0 Å². The van der Waals surface area contributed by atoms with Crippen LogP contribution in [0.5, 0.6) is 0 Å². The number of methoxy groups -OCH3 is 1. The van der Waals surface area contributed by atoms with Crippen LogP contribution < -0.4 is 0 Å². The standard InChI is InChI=1S/C11H21NO2S/c1-14-11(13)12-7-5-10(6-8-12)4-2-3-9-15/h10,15H,2-9H2,1H3. The summed E-state index contributed by atoms with van der Waals surface area (Å²) < 4.78 is 4.70. The maximum Gasteiger partial charge on any atom is 0.409 e. The quantitative estimate of drug-likeness (QED) is 0.595. The van der Waals surface area contributed by atoms with Crippen molar-refractivity contribution >= 4 is 18.7 Å². The smallest absolute Gasteiger partial charge is 0.409 e. The molecule has 0 bridgehead atoms. The lowest BCUT2D eigenvalue weighted by Crippen LogP contribution is -2.38. The van der Waals surface area contributed by atoms with Gasteiger partial charge in [-0.1, -0.05) is 12.8 Å². The highest BCUT2D eigenvalue weighted by Gasteiger charge is 2.22. The van der Waals surface area contributed by atoms with Crippen LogP contribution in [0.3, 0.4) is 0 Å². The number of piperidine rings is 1. The summed E-state index contributed by atoms with van der Waals surface area (Å²) in [5.74, 6) is 1.78. The highest BCUT2D eigenvalue weighted by atomic mass is 32.1. The summed E-state index contributed by atoms with van der Waals surface area (Å²) in [6, 6.07) is 0. The van der Waals surface area contributed by atoms with Gasteiger partial charge in [0.05, 0.1) is 7.11 Å². The monoisotopic (exact) mass is 231 g/mol. The highest BCUT2D eigenvalue weighted by molar-refractivity contribution is 7.80. The van der Waals surface area contributed by atoms with Gasteiger partial charge in [-0.15, -0.1) is 0 Å². The Labute approximate surface area is 97.6 Å². The van der Waals surface area contributed by atoms with E-state index in [0.717, 1.165) is 37.6 Å². The van der Waals surface area contributed by atoms with E-state index in [-0.39, 0.29) is 6.09 Å². The fourth-order valence-electron chi connectivity index (χ4n) is 2.08. The number of unbranched alkanes of at least 4 members (excludes halogenated alkanes) is 1. The molecule has 4 heteroatoms. The van der Waals surface area contributed by atoms with Gasteiger partial charge in [0.2, 0.25) is 0 Å². The number of hydrogen-bond donors (Lipinski definition) is 1. The van der Waals surface area contributed by atoms with Crippen molar-refractivity contribution in [1.82, 2.24) is 4.90 Å². The molecule has 0 N–H and O–H groups in total. The first-order valence-corrected chi connectivity index (χ1v) is 6.35. The van der Waals surface area contributed by atoms with Crippen molar-refractivity contribution in [2.75, 3.05) is 26.0 Å². The van der Waals surface area contributed by atoms with Crippen molar-refractivity contribution in [3.05, 3.63) is 0 Å². The van der Waals surface area contributed by atoms with E-state index >= 15 is 0 Å². The number of ether oxygens (including phenoxy) is 1. The van der Waals surface area contributed by atoms with Crippen LogP contribution in [0.1, 0.15) is 32.1 Å². The number of amides is 1. The second-order valence-corrected chi connectivity index (χ2v) is 4.57. The Kier molecular flexibility index (Phi) is 5.91. The number of nitrogens with zero attached hydrogens (tertiary/aromatic N) is 1. The van der Waals surface area contributed by atoms with Gasteiger partial charge in [-0.2, -0.15) is 12.6 Å². The van der Waals surface area contributed by atoms with Crippen molar-refractivity contribution < 1.29 is 9.53 Å². The Morgan fingerprint density at radius 2 is 2.07 bits per heavy atom. The zero-order valence-electron chi connectivity index (χ0n) is 9.45. The van der Waals surface area contributed by atoms with Gasteiger partial charge in [0.25, 0.3) is 0 Å². The van der Waals surface area contributed by atoms with Gasteiger partial charge in [0.1, 0.15) is 0 Å². The second-order valence-electron chi connectivity index (χ2n) is 4.12. The molecule has 1 saturated heterocycles. The van der Waals surface area contributed by atoms with Gasteiger partial charge >= 0.3 is 6.09 Å². The minimum absolute atomic E-state index is 0.177. The zero-order valence-corrected chi connectivity index (χ0v) is 10.3. The van der Waals surface area contributed by atoms with Crippen LogP contribution in [-0.4, -0.2) is 36.9 Å². The molecule has 0 aromatic rings.